The van der Waals surface area contributed by atoms with Gasteiger partial charge in [-0.15, -0.1) is 0 Å². The lowest BCUT2D eigenvalue weighted by Gasteiger charge is -2.42. The summed E-state index contributed by atoms with van der Waals surface area (Å²) in [7, 11) is 0. The molecule has 0 spiro atoms. The first-order valence-electron chi connectivity index (χ1n) is 9.26. The van der Waals surface area contributed by atoms with E-state index in [1.807, 2.05) is 0 Å². The molecule has 0 radical (unpaired) electrons. The first-order chi connectivity index (χ1) is 9.50. The van der Waals surface area contributed by atoms with Crippen molar-refractivity contribution < 1.29 is 0 Å². The van der Waals surface area contributed by atoms with Crippen molar-refractivity contribution >= 4 is 0 Å². The van der Waals surface area contributed by atoms with Gasteiger partial charge in [-0.1, -0.05) is 59.8 Å². The Kier molecular flexibility index (Phi) is 5.95. The van der Waals surface area contributed by atoms with Crippen LogP contribution in [0.15, 0.2) is 0 Å². The molecule has 0 bridgehead atoms. The summed E-state index contributed by atoms with van der Waals surface area (Å²) < 4.78 is 0. The molecule has 118 valence electrons. The van der Waals surface area contributed by atoms with Crippen molar-refractivity contribution in [2.24, 2.45) is 17.3 Å². The molecule has 0 aromatic carbocycles. The molecule has 0 aromatic heterocycles. The van der Waals surface area contributed by atoms with Crippen LogP contribution in [0.4, 0.5) is 0 Å². The monoisotopic (exact) mass is 279 g/mol. The van der Waals surface area contributed by atoms with E-state index >= 15 is 0 Å². The molecule has 0 heterocycles. The third-order valence-electron chi connectivity index (χ3n) is 5.99. The van der Waals surface area contributed by atoms with Crippen molar-refractivity contribution in [1.29, 1.82) is 0 Å². The van der Waals surface area contributed by atoms with Crippen LogP contribution >= 0.6 is 0 Å². The maximum absolute atomic E-state index is 4.10. The summed E-state index contributed by atoms with van der Waals surface area (Å²) in [6, 6.07) is 1.59. The zero-order valence-corrected chi connectivity index (χ0v) is 14.4. The lowest BCUT2D eigenvalue weighted by atomic mass is 9.69. The van der Waals surface area contributed by atoms with Crippen LogP contribution in [0.3, 0.4) is 0 Å². The fraction of sp³-hybridized carbons (Fsp3) is 1.00. The summed E-state index contributed by atoms with van der Waals surface area (Å²) >= 11 is 0. The van der Waals surface area contributed by atoms with Crippen molar-refractivity contribution in [3.8, 4) is 0 Å². The highest BCUT2D eigenvalue weighted by Crippen LogP contribution is 2.38. The Labute approximate surface area is 127 Å². The fourth-order valence-corrected chi connectivity index (χ4v) is 4.62. The number of hydrogen-bond donors (Lipinski definition) is 1. The van der Waals surface area contributed by atoms with Gasteiger partial charge in [-0.05, 0) is 49.4 Å². The maximum Gasteiger partial charge on any atom is 0.0103 e. The van der Waals surface area contributed by atoms with Gasteiger partial charge in [-0.2, -0.15) is 0 Å². The SMILES string of the molecule is CCC1CCCC(NC2CCCCC2C(C)(C)C)CC1. The fourth-order valence-electron chi connectivity index (χ4n) is 4.62. The molecule has 1 N–H and O–H groups in total. The lowest BCUT2D eigenvalue weighted by Crippen LogP contribution is -2.48. The molecule has 2 rings (SSSR count). The van der Waals surface area contributed by atoms with E-state index in [0.29, 0.717) is 5.41 Å². The minimum atomic E-state index is 0.467. The van der Waals surface area contributed by atoms with Gasteiger partial charge in [0.05, 0.1) is 0 Å². The predicted molar refractivity (Wildman–Crippen MR) is 89.0 cm³/mol. The summed E-state index contributed by atoms with van der Waals surface area (Å²) in [4.78, 5) is 0. The van der Waals surface area contributed by atoms with Gasteiger partial charge in [-0.25, -0.2) is 0 Å². The average Bonchev–Trinajstić information content (AvgIpc) is 2.63. The molecule has 1 nitrogen and oxygen atoms in total. The van der Waals surface area contributed by atoms with Gasteiger partial charge in [0.25, 0.3) is 0 Å². The predicted octanol–water partition coefficient (Wildman–Crippen LogP) is 5.54. The Morgan fingerprint density at radius 2 is 1.60 bits per heavy atom. The van der Waals surface area contributed by atoms with E-state index in [4.69, 9.17) is 0 Å². The minimum Gasteiger partial charge on any atom is -0.311 e. The van der Waals surface area contributed by atoms with Crippen LogP contribution in [0.5, 0.6) is 0 Å². The standard InChI is InChI=1S/C19H37N/c1-5-15-9-8-10-16(14-13-15)20-18-12-7-6-11-17(18)19(2,3)4/h15-18,20H,5-14H2,1-4H3. The molecular formula is C19H37N. The topological polar surface area (TPSA) is 12.0 Å². The number of hydrogen-bond acceptors (Lipinski definition) is 1. The number of rotatable bonds is 3. The second-order valence-corrected chi connectivity index (χ2v) is 8.51. The molecule has 2 aliphatic carbocycles. The summed E-state index contributed by atoms with van der Waals surface area (Å²) in [5, 5.41) is 4.10. The van der Waals surface area contributed by atoms with Gasteiger partial charge < -0.3 is 5.32 Å². The molecule has 20 heavy (non-hydrogen) atoms. The lowest BCUT2D eigenvalue weighted by molar-refractivity contribution is 0.120. The van der Waals surface area contributed by atoms with Gasteiger partial charge >= 0.3 is 0 Å². The first-order valence-corrected chi connectivity index (χ1v) is 9.26. The largest absolute Gasteiger partial charge is 0.311 e. The summed E-state index contributed by atoms with van der Waals surface area (Å²) in [5.74, 6) is 1.88. The summed E-state index contributed by atoms with van der Waals surface area (Å²) in [5.41, 5.74) is 0.467. The van der Waals surface area contributed by atoms with Gasteiger partial charge in [0, 0.05) is 12.1 Å². The molecule has 1 heteroatoms. The van der Waals surface area contributed by atoms with Crippen LogP contribution < -0.4 is 5.32 Å². The smallest absolute Gasteiger partial charge is 0.0103 e. The van der Waals surface area contributed by atoms with Crippen LogP contribution in [-0.2, 0) is 0 Å². The molecule has 0 aromatic rings. The zero-order chi connectivity index (χ0) is 14.6. The van der Waals surface area contributed by atoms with E-state index in [1.54, 1.807) is 0 Å². The molecule has 2 saturated carbocycles. The van der Waals surface area contributed by atoms with Crippen molar-refractivity contribution in [3.05, 3.63) is 0 Å². The Balaban J connectivity index is 1.90. The van der Waals surface area contributed by atoms with Crippen molar-refractivity contribution in [2.75, 3.05) is 0 Å². The van der Waals surface area contributed by atoms with E-state index in [0.717, 1.165) is 23.9 Å². The molecule has 4 atom stereocenters. The Hall–Kier alpha value is -0.0400. The summed E-state index contributed by atoms with van der Waals surface area (Å²) in [6.07, 6.45) is 14.3. The molecule has 2 fully saturated rings. The minimum absolute atomic E-state index is 0.467. The second-order valence-electron chi connectivity index (χ2n) is 8.51. The molecule has 0 aliphatic heterocycles. The third kappa shape index (κ3) is 4.48. The van der Waals surface area contributed by atoms with Crippen molar-refractivity contribution in [1.82, 2.24) is 5.32 Å². The quantitative estimate of drug-likeness (QED) is 0.669. The van der Waals surface area contributed by atoms with Crippen LogP contribution in [-0.4, -0.2) is 12.1 Å². The Morgan fingerprint density at radius 3 is 2.30 bits per heavy atom. The normalized spacial score (nSPS) is 36.6. The van der Waals surface area contributed by atoms with Gasteiger partial charge in [0.15, 0.2) is 0 Å². The maximum atomic E-state index is 4.10. The molecule has 0 saturated heterocycles. The van der Waals surface area contributed by atoms with Gasteiger partial charge in [-0.3, -0.25) is 0 Å². The van der Waals surface area contributed by atoms with E-state index in [-0.39, 0.29) is 0 Å². The molecule has 0 amide bonds. The molecular weight excluding hydrogens is 242 g/mol. The Morgan fingerprint density at radius 1 is 0.850 bits per heavy atom. The second kappa shape index (κ2) is 7.29. The highest BCUT2D eigenvalue weighted by Gasteiger charge is 2.35. The van der Waals surface area contributed by atoms with Crippen LogP contribution in [0.1, 0.15) is 91.9 Å². The third-order valence-corrected chi connectivity index (χ3v) is 5.99. The van der Waals surface area contributed by atoms with Crippen LogP contribution in [0.25, 0.3) is 0 Å². The van der Waals surface area contributed by atoms with E-state index in [9.17, 15) is 0 Å². The molecule has 4 unspecified atom stereocenters. The number of nitrogens with one attached hydrogen (secondary N) is 1. The van der Waals surface area contributed by atoms with E-state index in [2.05, 4.69) is 33.0 Å². The van der Waals surface area contributed by atoms with Crippen LogP contribution in [0.2, 0.25) is 0 Å². The summed E-state index contributed by atoms with van der Waals surface area (Å²) in [6.45, 7) is 9.70. The molecule has 2 aliphatic rings. The zero-order valence-electron chi connectivity index (χ0n) is 14.4. The van der Waals surface area contributed by atoms with Crippen LogP contribution in [0, 0.1) is 17.3 Å². The van der Waals surface area contributed by atoms with Crippen molar-refractivity contribution in [2.45, 2.75) is 104 Å². The van der Waals surface area contributed by atoms with Gasteiger partial charge in [0.2, 0.25) is 0 Å². The average molecular weight is 280 g/mol. The Bertz CT molecular complexity index is 278. The van der Waals surface area contributed by atoms with Gasteiger partial charge in [0.1, 0.15) is 0 Å². The van der Waals surface area contributed by atoms with Crippen molar-refractivity contribution in [3.63, 3.8) is 0 Å². The highest BCUT2D eigenvalue weighted by atomic mass is 15.0. The first kappa shape index (κ1) is 16.3. The van der Waals surface area contributed by atoms with E-state index in [1.165, 1.54) is 64.2 Å². The van der Waals surface area contributed by atoms with E-state index < -0.39 is 0 Å². The highest BCUT2D eigenvalue weighted by molar-refractivity contribution is 4.90.